The third-order valence-electron chi connectivity index (χ3n) is 3.02. The minimum Gasteiger partial charge on any atom is -0.481 e. The van der Waals surface area contributed by atoms with E-state index in [1.165, 1.54) is 0 Å². The van der Waals surface area contributed by atoms with Gasteiger partial charge in [0.05, 0.1) is 17.7 Å². The predicted octanol–water partition coefficient (Wildman–Crippen LogP) is 4.29. The first-order valence-corrected chi connectivity index (χ1v) is 6.60. The van der Waals surface area contributed by atoms with Gasteiger partial charge in [-0.3, -0.25) is 9.78 Å². The molecule has 0 unspecified atom stereocenters. The Labute approximate surface area is 136 Å². The number of carboxylic acids is 1. The molecule has 10 heteroatoms. The lowest BCUT2D eigenvalue weighted by atomic mass is 10.0. The fourth-order valence-electron chi connectivity index (χ4n) is 2.03. The molecule has 1 aromatic carbocycles. The Morgan fingerprint density at radius 3 is 2.12 bits per heavy atom. The lowest BCUT2D eigenvalue weighted by Gasteiger charge is -2.13. The number of pyridine rings is 1. The molecule has 0 fully saturated rings. The second kappa shape index (κ2) is 6.61. The average molecular weight is 365 g/mol. The van der Waals surface area contributed by atoms with Crippen LogP contribution in [0.1, 0.15) is 11.3 Å². The third kappa shape index (κ3) is 5.10. The summed E-state index contributed by atoms with van der Waals surface area (Å²) in [6, 6.07) is 4.86. The van der Waals surface area contributed by atoms with Crippen molar-refractivity contribution < 1.29 is 41.0 Å². The Balaban J connectivity index is 2.38. The smallest absolute Gasteiger partial charge is 0.481 e. The second-order valence-corrected chi connectivity index (χ2v) is 4.86. The molecule has 0 amide bonds. The summed E-state index contributed by atoms with van der Waals surface area (Å²) in [6.07, 6.45) is -9.60. The van der Waals surface area contributed by atoms with Crippen LogP contribution >= 0.6 is 0 Å². The molecule has 0 radical (unpaired) electrons. The Morgan fingerprint density at radius 2 is 1.64 bits per heavy atom. The van der Waals surface area contributed by atoms with Crippen molar-refractivity contribution in [2.45, 2.75) is 19.0 Å². The summed E-state index contributed by atoms with van der Waals surface area (Å²) in [5.74, 6) is -2.00. The van der Waals surface area contributed by atoms with Crippen LogP contribution < -0.4 is 4.74 Å². The van der Waals surface area contributed by atoms with Crippen LogP contribution in [0.5, 0.6) is 5.75 Å². The van der Waals surface area contributed by atoms with Gasteiger partial charge in [-0.15, -0.1) is 13.2 Å². The minimum absolute atomic E-state index is 0.0278. The highest BCUT2D eigenvalue weighted by molar-refractivity contribution is 5.71. The van der Waals surface area contributed by atoms with Gasteiger partial charge in [0.1, 0.15) is 5.75 Å². The highest BCUT2D eigenvalue weighted by atomic mass is 19.4. The van der Waals surface area contributed by atoms with E-state index in [9.17, 15) is 31.1 Å². The van der Waals surface area contributed by atoms with Crippen LogP contribution in [-0.4, -0.2) is 22.4 Å². The Morgan fingerprint density at radius 1 is 1.04 bits per heavy atom. The van der Waals surface area contributed by atoms with Gasteiger partial charge in [-0.2, -0.15) is 13.2 Å². The molecule has 2 aromatic rings. The van der Waals surface area contributed by atoms with Crippen molar-refractivity contribution >= 4 is 5.97 Å². The van der Waals surface area contributed by atoms with E-state index in [-0.39, 0.29) is 11.1 Å². The number of halogens is 6. The molecule has 1 heterocycles. The van der Waals surface area contributed by atoms with Gasteiger partial charge in [-0.1, -0.05) is 12.1 Å². The first-order chi connectivity index (χ1) is 11.5. The fraction of sp³-hybridized carbons (Fsp3) is 0.200. The first-order valence-electron chi connectivity index (χ1n) is 6.60. The van der Waals surface area contributed by atoms with Gasteiger partial charge in [-0.05, 0) is 23.8 Å². The maximum Gasteiger partial charge on any atom is 0.573 e. The topological polar surface area (TPSA) is 59.4 Å². The van der Waals surface area contributed by atoms with Crippen LogP contribution in [0.2, 0.25) is 0 Å². The van der Waals surface area contributed by atoms with Crippen LogP contribution in [0.3, 0.4) is 0 Å². The largest absolute Gasteiger partial charge is 0.573 e. The number of hydrogen-bond donors (Lipinski definition) is 1. The predicted molar refractivity (Wildman–Crippen MR) is 72.7 cm³/mol. The van der Waals surface area contributed by atoms with Gasteiger partial charge < -0.3 is 9.84 Å². The first kappa shape index (κ1) is 18.6. The maximum atomic E-state index is 13.1. The number of hydrogen-bond acceptors (Lipinski definition) is 3. The molecule has 134 valence electrons. The Bertz CT molecular complexity index is 768. The molecular formula is C15H9F6NO3. The summed E-state index contributed by atoms with van der Waals surface area (Å²) in [5.41, 5.74) is -1.74. The summed E-state index contributed by atoms with van der Waals surface area (Å²) in [4.78, 5) is 14.2. The van der Waals surface area contributed by atoms with Crippen molar-refractivity contribution in [1.29, 1.82) is 0 Å². The zero-order chi connectivity index (χ0) is 18.8. The zero-order valence-electron chi connectivity index (χ0n) is 12.1. The lowest BCUT2D eigenvalue weighted by Crippen LogP contribution is -2.17. The normalized spacial score (nSPS) is 12.1. The molecule has 1 N–H and O–H groups in total. The molecule has 1 aromatic heterocycles. The van der Waals surface area contributed by atoms with Crippen molar-refractivity contribution in [3.8, 4) is 16.9 Å². The molecule has 25 heavy (non-hydrogen) atoms. The molecule has 0 aliphatic heterocycles. The van der Waals surface area contributed by atoms with Gasteiger partial charge in [0.25, 0.3) is 0 Å². The van der Waals surface area contributed by atoms with Crippen molar-refractivity contribution in [3.05, 3.63) is 47.8 Å². The van der Waals surface area contributed by atoms with Gasteiger partial charge in [-0.25, -0.2) is 0 Å². The maximum absolute atomic E-state index is 13.1. The number of rotatable bonds is 4. The standard InChI is InChI=1S/C15H9F6NO3/c16-14(17,18)11-5-9(7-22-12(11)6-13(23)24)8-1-3-10(4-2-8)25-15(19,20)21/h1-5,7H,6H2,(H,23,24). The zero-order valence-corrected chi connectivity index (χ0v) is 12.1. The molecular weight excluding hydrogens is 356 g/mol. The monoisotopic (exact) mass is 365 g/mol. The SMILES string of the molecule is O=C(O)Cc1ncc(-c2ccc(OC(F)(F)F)cc2)cc1C(F)(F)F. The summed E-state index contributed by atoms with van der Waals surface area (Å²) >= 11 is 0. The molecule has 0 spiro atoms. The Kier molecular flexibility index (Phi) is 4.91. The van der Waals surface area contributed by atoms with E-state index >= 15 is 0 Å². The minimum atomic E-state index is -4.88. The molecule has 2 rings (SSSR count). The van der Waals surface area contributed by atoms with E-state index in [1.54, 1.807) is 0 Å². The highest BCUT2D eigenvalue weighted by Crippen LogP contribution is 2.34. The van der Waals surface area contributed by atoms with Crippen LogP contribution in [0, 0.1) is 0 Å². The van der Waals surface area contributed by atoms with Crippen LogP contribution in [0.15, 0.2) is 36.5 Å². The number of aliphatic carboxylic acids is 1. The van der Waals surface area contributed by atoms with Gasteiger partial charge in [0.15, 0.2) is 0 Å². The van der Waals surface area contributed by atoms with Crippen molar-refractivity contribution in [1.82, 2.24) is 4.98 Å². The average Bonchev–Trinajstić information content (AvgIpc) is 2.45. The molecule has 0 saturated heterocycles. The number of alkyl halides is 6. The van der Waals surface area contributed by atoms with Gasteiger partial charge >= 0.3 is 18.5 Å². The van der Waals surface area contributed by atoms with Crippen LogP contribution in [-0.2, 0) is 17.4 Å². The number of aromatic nitrogens is 1. The van der Waals surface area contributed by atoms with Crippen molar-refractivity contribution in [2.75, 3.05) is 0 Å². The summed E-state index contributed by atoms with van der Waals surface area (Å²) in [5, 5.41) is 8.65. The second-order valence-electron chi connectivity index (χ2n) is 4.86. The summed E-state index contributed by atoms with van der Waals surface area (Å²) in [6.45, 7) is 0. The van der Waals surface area contributed by atoms with E-state index in [1.807, 2.05) is 0 Å². The van der Waals surface area contributed by atoms with Gasteiger partial charge in [0.2, 0.25) is 0 Å². The third-order valence-corrected chi connectivity index (χ3v) is 3.02. The van der Waals surface area contributed by atoms with E-state index in [4.69, 9.17) is 5.11 Å². The van der Waals surface area contributed by atoms with E-state index in [0.29, 0.717) is 6.07 Å². The molecule has 4 nitrogen and oxygen atoms in total. The number of nitrogens with zero attached hydrogens (tertiary/aromatic N) is 1. The lowest BCUT2D eigenvalue weighted by molar-refractivity contribution is -0.274. The molecule has 0 aliphatic rings. The quantitative estimate of drug-likeness (QED) is 0.821. The highest BCUT2D eigenvalue weighted by Gasteiger charge is 2.35. The number of carboxylic acid groups (broad SMARTS) is 1. The van der Waals surface area contributed by atoms with Crippen LogP contribution in [0.4, 0.5) is 26.3 Å². The number of ether oxygens (including phenoxy) is 1. The van der Waals surface area contributed by atoms with E-state index < -0.39 is 41.9 Å². The van der Waals surface area contributed by atoms with Crippen molar-refractivity contribution in [3.63, 3.8) is 0 Å². The summed E-state index contributed by atoms with van der Waals surface area (Å²) in [7, 11) is 0. The molecule has 0 saturated carbocycles. The van der Waals surface area contributed by atoms with E-state index in [0.717, 1.165) is 30.5 Å². The fourth-order valence-corrected chi connectivity index (χ4v) is 2.03. The Hall–Kier alpha value is -2.78. The summed E-state index contributed by atoms with van der Waals surface area (Å²) < 4.78 is 79.1. The van der Waals surface area contributed by atoms with Crippen molar-refractivity contribution in [2.24, 2.45) is 0 Å². The number of carbonyl (C=O) groups is 1. The van der Waals surface area contributed by atoms with Gasteiger partial charge in [0, 0.05) is 11.8 Å². The van der Waals surface area contributed by atoms with Crippen LogP contribution in [0.25, 0.3) is 11.1 Å². The number of benzene rings is 1. The molecule has 0 aliphatic carbocycles. The van der Waals surface area contributed by atoms with E-state index in [2.05, 4.69) is 9.72 Å². The molecule has 0 bridgehead atoms. The molecule has 0 atom stereocenters.